The van der Waals surface area contributed by atoms with E-state index in [1.165, 1.54) is 0 Å². The third-order valence-electron chi connectivity index (χ3n) is 2.64. The molecule has 0 aliphatic rings. The fraction of sp³-hybridized carbons (Fsp3) is 0.0714. The van der Waals surface area contributed by atoms with Gasteiger partial charge in [-0.3, -0.25) is 0 Å². The van der Waals surface area contributed by atoms with Gasteiger partial charge in [-0.2, -0.15) is 0 Å². The number of para-hydroxylation sites is 2. The van der Waals surface area contributed by atoms with Crippen molar-refractivity contribution in [1.29, 1.82) is 0 Å². The van der Waals surface area contributed by atoms with Gasteiger partial charge in [-0.05, 0) is 23.8 Å². The maximum Gasteiger partial charge on any atom is 0.199 e. The van der Waals surface area contributed by atoms with E-state index in [1.807, 2.05) is 48.5 Å². The van der Waals surface area contributed by atoms with Crippen LogP contribution in [0.4, 0.5) is 0 Å². The highest BCUT2D eigenvalue weighted by molar-refractivity contribution is 6.31. The highest BCUT2D eigenvalue weighted by atomic mass is 35.5. The van der Waals surface area contributed by atoms with Gasteiger partial charge in [0.25, 0.3) is 0 Å². The number of fused-ring (bicyclic) bond motifs is 1. The molecule has 84 valence electrons. The molecule has 0 unspecified atom stereocenters. The largest absolute Gasteiger partial charge is 0.440 e. The zero-order chi connectivity index (χ0) is 11.7. The second kappa shape index (κ2) is 4.22. The van der Waals surface area contributed by atoms with E-state index in [0.717, 1.165) is 21.7 Å². The second-order valence-corrected chi connectivity index (χ2v) is 4.25. The number of benzene rings is 2. The summed E-state index contributed by atoms with van der Waals surface area (Å²) >= 11 is 6.10. The molecule has 0 saturated carbocycles. The lowest BCUT2D eigenvalue weighted by Crippen LogP contribution is -1.88. The lowest BCUT2D eigenvalue weighted by molar-refractivity contribution is 0.544. The predicted molar refractivity (Wildman–Crippen MR) is 68.3 cm³/mol. The summed E-state index contributed by atoms with van der Waals surface area (Å²) in [4.78, 5) is 4.42. The lowest BCUT2D eigenvalue weighted by Gasteiger charge is -1.99. The Kier molecular flexibility index (Phi) is 2.57. The van der Waals surface area contributed by atoms with Gasteiger partial charge in [-0.25, -0.2) is 4.98 Å². The summed E-state index contributed by atoms with van der Waals surface area (Å²) in [6, 6.07) is 15.5. The molecular weight excluding hydrogens is 234 g/mol. The molecule has 0 bridgehead atoms. The molecule has 0 aliphatic carbocycles. The first-order chi connectivity index (χ1) is 8.33. The second-order valence-electron chi connectivity index (χ2n) is 3.84. The summed E-state index contributed by atoms with van der Waals surface area (Å²) < 4.78 is 5.66. The fourth-order valence-corrected chi connectivity index (χ4v) is 2.00. The monoisotopic (exact) mass is 243 g/mol. The van der Waals surface area contributed by atoms with Crippen molar-refractivity contribution in [3.8, 4) is 0 Å². The zero-order valence-corrected chi connectivity index (χ0v) is 9.82. The van der Waals surface area contributed by atoms with Crippen LogP contribution in [0.15, 0.2) is 52.9 Å². The predicted octanol–water partition coefficient (Wildman–Crippen LogP) is 4.07. The Balaban J connectivity index is 1.98. The van der Waals surface area contributed by atoms with Crippen molar-refractivity contribution in [1.82, 2.24) is 4.98 Å². The molecule has 0 fully saturated rings. The molecule has 0 N–H and O–H groups in total. The van der Waals surface area contributed by atoms with Crippen LogP contribution in [0.5, 0.6) is 0 Å². The third kappa shape index (κ3) is 2.04. The quantitative estimate of drug-likeness (QED) is 0.678. The van der Waals surface area contributed by atoms with Crippen LogP contribution in [0, 0.1) is 0 Å². The maximum atomic E-state index is 6.10. The van der Waals surface area contributed by atoms with Gasteiger partial charge in [0.05, 0.1) is 6.42 Å². The molecular formula is C14H10ClNO. The summed E-state index contributed by atoms with van der Waals surface area (Å²) in [5.41, 5.74) is 2.73. The first-order valence-electron chi connectivity index (χ1n) is 5.41. The molecule has 1 aromatic heterocycles. The Hall–Kier alpha value is -1.80. The summed E-state index contributed by atoms with van der Waals surface area (Å²) in [6.45, 7) is 0. The molecule has 0 saturated heterocycles. The van der Waals surface area contributed by atoms with Crippen LogP contribution in [0.1, 0.15) is 11.5 Å². The summed E-state index contributed by atoms with van der Waals surface area (Å²) in [5, 5.41) is 0.745. The molecule has 3 rings (SSSR count). The van der Waals surface area contributed by atoms with Gasteiger partial charge in [0.2, 0.25) is 0 Å². The molecule has 3 heteroatoms. The Labute approximate surface area is 104 Å². The molecule has 17 heavy (non-hydrogen) atoms. The number of halogens is 1. The first-order valence-corrected chi connectivity index (χ1v) is 5.78. The first kappa shape index (κ1) is 10.4. The Morgan fingerprint density at radius 3 is 2.59 bits per heavy atom. The standard InChI is InChI=1S/C14H10ClNO/c15-11-6-2-1-5-10(11)9-14-16-12-7-3-4-8-13(12)17-14/h1-8H,9H2. The van der Waals surface area contributed by atoms with Crippen LogP contribution in [0.2, 0.25) is 5.02 Å². The summed E-state index contributed by atoms with van der Waals surface area (Å²) in [5.74, 6) is 0.694. The van der Waals surface area contributed by atoms with E-state index in [-0.39, 0.29) is 0 Å². The van der Waals surface area contributed by atoms with E-state index in [9.17, 15) is 0 Å². The van der Waals surface area contributed by atoms with Crippen molar-refractivity contribution in [3.05, 3.63) is 65.0 Å². The van der Waals surface area contributed by atoms with Crippen molar-refractivity contribution < 1.29 is 4.42 Å². The van der Waals surface area contributed by atoms with Crippen molar-refractivity contribution in [3.63, 3.8) is 0 Å². The Morgan fingerprint density at radius 2 is 1.76 bits per heavy atom. The molecule has 3 aromatic rings. The van der Waals surface area contributed by atoms with Crippen molar-refractivity contribution in [2.24, 2.45) is 0 Å². The van der Waals surface area contributed by atoms with Gasteiger partial charge in [0.15, 0.2) is 11.5 Å². The van der Waals surface area contributed by atoms with E-state index < -0.39 is 0 Å². The molecule has 2 nitrogen and oxygen atoms in total. The van der Waals surface area contributed by atoms with Gasteiger partial charge in [0.1, 0.15) is 5.52 Å². The summed E-state index contributed by atoms with van der Waals surface area (Å²) in [6.07, 6.45) is 0.619. The van der Waals surface area contributed by atoms with Crippen molar-refractivity contribution >= 4 is 22.7 Å². The van der Waals surface area contributed by atoms with Crippen LogP contribution in [0.3, 0.4) is 0 Å². The minimum absolute atomic E-state index is 0.619. The van der Waals surface area contributed by atoms with Crippen LogP contribution >= 0.6 is 11.6 Å². The maximum absolute atomic E-state index is 6.10. The van der Waals surface area contributed by atoms with Crippen LogP contribution in [-0.2, 0) is 6.42 Å². The van der Waals surface area contributed by atoms with E-state index in [1.54, 1.807) is 0 Å². The SMILES string of the molecule is Clc1ccccc1Cc1nc2ccccc2o1. The molecule has 0 aliphatic heterocycles. The molecule has 0 radical (unpaired) electrons. The average Bonchev–Trinajstić information content (AvgIpc) is 2.74. The normalized spacial score (nSPS) is 10.9. The number of oxazole rings is 1. The Morgan fingerprint density at radius 1 is 1.00 bits per heavy atom. The highest BCUT2D eigenvalue weighted by Gasteiger charge is 2.07. The minimum atomic E-state index is 0.619. The van der Waals surface area contributed by atoms with Crippen LogP contribution in [0.25, 0.3) is 11.1 Å². The van der Waals surface area contributed by atoms with E-state index in [0.29, 0.717) is 12.3 Å². The van der Waals surface area contributed by atoms with Crippen LogP contribution < -0.4 is 0 Å². The van der Waals surface area contributed by atoms with Gasteiger partial charge >= 0.3 is 0 Å². The van der Waals surface area contributed by atoms with E-state index in [4.69, 9.17) is 16.0 Å². The van der Waals surface area contributed by atoms with Crippen molar-refractivity contribution in [2.45, 2.75) is 6.42 Å². The highest BCUT2D eigenvalue weighted by Crippen LogP contribution is 2.21. The van der Waals surface area contributed by atoms with E-state index in [2.05, 4.69) is 4.98 Å². The molecule has 1 heterocycles. The van der Waals surface area contributed by atoms with Crippen LogP contribution in [-0.4, -0.2) is 4.98 Å². The smallest absolute Gasteiger partial charge is 0.199 e. The van der Waals surface area contributed by atoms with Gasteiger partial charge < -0.3 is 4.42 Å². The fourth-order valence-electron chi connectivity index (χ4n) is 1.80. The molecule has 0 spiro atoms. The number of hydrogen-bond donors (Lipinski definition) is 0. The third-order valence-corrected chi connectivity index (χ3v) is 3.01. The molecule has 0 amide bonds. The van der Waals surface area contributed by atoms with Gasteiger partial charge in [-0.1, -0.05) is 41.9 Å². The number of nitrogens with zero attached hydrogens (tertiary/aromatic N) is 1. The topological polar surface area (TPSA) is 26.0 Å². The van der Waals surface area contributed by atoms with E-state index >= 15 is 0 Å². The average molecular weight is 244 g/mol. The lowest BCUT2D eigenvalue weighted by atomic mass is 10.1. The van der Waals surface area contributed by atoms with Gasteiger partial charge in [-0.15, -0.1) is 0 Å². The molecule has 2 aromatic carbocycles. The zero-order valence-electron chi connectivity index (χ0n) is 9.06. The minimum Gasteiger partial charge on any atom is -0.440 e. The Bertz CT molecular complexity index is 627. The number of hydrogen-bond acceptors (Lipinski definition) is 2. The van der Waals surface area contributed by atoms with Crippen molar-refractivity contribution in [2.75, 3.05) is 0 Å². The number of rotatable bonds is 2. The summed E-state index contributed by atoms with van der Waals surface area (Å²) in [7, 11) is 0. The molecule has 0 atom stereocenters. The van der Waals surface area contributed by atoms with Gasteiger partial charge in [0, 0.05) is 5.02 Å². The number of aromatic nitrogens is 1.